The third kappa shape index (κ3) is 2.22. The molecule has 88 valence electrons. The number of rotatable bonds is 2. The molecule has 0 saturated heterocycles. The second-order valence-corrected chi connectivity index (χ2v) is 5.37. The number of benzene rings is 2. The predicted octanol–water partition coefficient (Wildman–Crippen LogP) is 5.38. The van der Waals surface area contributed by atoms with E-state index in [9.17, 15) is 0 Å². The molecular formula is C17H14S. The van der Waals surface area contributed by atoms with Crippen molar-refractivity contribution in [3.8, 4) is 0 Å². The SMILES string of the molecule is Cc1csc(C=Cc2cccc3ccccc23)c1. The maximum atomic E-state index is 2.21. The van der Waals surface area contributed by atoms with E-state index >= 15 is 0 Å². The maximum absolute atomic E-state index is 2.21. The molecule has 0 unspecified atom stereocenters. The maximum Gasteiger partial charge on any atom is 0.0273 e. The van der Waals surface area contributed by atoms with Gasteiger partial charge in [0, 0.05) is 4.88 Å². The molecule has 0 atom stereocenters. The summed E-state index contributed by atoms with van der Waals surface area (Å²) in [4.78, 5) is 1.31. The van der Waals surface area contributed by atoms with E-state index in [4.69, 9.17) is 0 Å². The van der Waals surface area contributed by atoms with E-state index in [1.54, 1.807) is 11.3 Å². The average Bonchev–Trinajstić information content (AvgIpc) is 2.82. The van der Waals surface area contributed by atoms with Crippen LogP contribution in [-0.2, 0) is 0 Å². The fourth-order valence-electron chi connectivity index (χ4n) is 2.11. The highest BCUT2D eigenvalue weighted by Gasteiger charge is 1.97. The molecule has 1 heterocycles. The summed E-state index contributed by atoms with van der Waals surface area (Å²) in [6, 6.07) is 17.2. The van der Waals surface area contributed by atoms with Gasteiger partial charge in [-0.15, -0.1) is 11.3 Å². The lowest BCUT2D eigenvalue weighted by molar-refractivity contribution is 1.55. The van der Waals surface area contributed by atoms with Crippen LogP contribution in [0.15, 0.2) is 53.9 Å². The van der Waals surface area contributed by atoms with Gasteiger partial charge in [-0.05, 0) is 46.3 Å². The number of aryl methyl sites for hydroxylation is 1. The van der Waals surface area contributed by atoms with Crippen LogP contribution < -0.4 is 0 Å². The molecule has 1 aromatic heterocycles. The van der Waals surface area contributed by atoms with Crippen LogP contribution in [0.25, 0.3) is 22.9 Å². The molecule has 0 saturated carbocycles. The normalized spacial score (nSPS) is 11.4. The third-order valence-electron chi connectivity index (χ3n) is 3.00. The van der Waals surface area contributed by atoms with E-state index in [2.05, 4.69) is 73.0 Å². The standard InChI is InChI=1S/C17H14S/c1-13-11-16(18-12-13)10-9-15-7-4-6-14-5-2-3-8-17(14)15/h2-12H,1H3. The molecule has 0 spiro atoms. The molecule has 0 aliphatic heterocycles. The molecular weight excluding hydrogens is 236 g/mol. The van der Waals surface area contributed by atoms with Gasteiger partial charge in [-0.2, -0.15) is 0 Å². The number of fused-ring (bicyclic) bond motifs is 1. The molecule has 3 rings (SSSR count). The fraction of sp³-hybridized carbons (Fsp3) is 0.0588. The topological polar surface area (TPSA) is 0 Å². The molecule has 0 nitrogen and oxygen atoms in total. The van der Waals surface area contributed by atoms with Crippen LogP contribution in [-0.4, -0.2) is 0 Å². The predicted molar refractivity (Wildman–Crippen MR) is 81.9 cm³/mol. The van der Waals surface area contributed by atoms with Crippen LogP contribution in [0.5, 0.6) is 0 Å². The van der Waals surface area contributed by atoms with Crippen LogP contribution >= 0.6 is 11.3 Å². The minimum Gasteiger partial charge on any atom is -0.144 e. The monoisotopic (exact) mass is 250 g/mol. The quantitative estimate of drug-likeness (QED) is 0.572. The Labute approximate surface area is 111 Å². The molecule has 0 radical (unpaired) electrons. The van der Waals surface area contributed by atoms with Gasteiger partial charge in [0.15, 0.2) is 0 Å². The van der Waals surface area contributed by atoms with Gasteiger partial charge in [-0.3, -0.25) is 0 Å². The molecule has 0 fully saturated rings. The van der Waals surface area contributed by atoms with Gasteiger partial charge in [0.05, 0.1) is 0 Å². The lowest BCUT2D eigenvalue weighted by Gasteiger charge is -2.01. The minimum absolute atomic E-state index is 1.28. The molecule has 2 aromatic carbocycles. The number of hydrogen-bond acceptors (Lipinski definition) is 1. The summed E-state index contributed by atoms with van der Waals surface area (Å²) in [5, 5.41) is 4.79. The average molecular weight is 250 g/mol. The number of hydrogen-bond donors (Lipinski definition) is 0. The van der Waals surface area contributed by atoms with Crippen LogP contribution in [0.2, 0.25) is 0 Å². The zero-order valence-electron chi connectivity index (χ0n) is 10.3. The van der Waals surface area contributed by atoms with Crippen molar-refractivity contribution in [3.05, 3.63) is 69.9 Å². The van der Waals surface area contributed by atoms with Gasteiger partial charge in [0.2, 0.25) is 0 Å². The second-order valence-electron chi connectivity index (χ2n) is 4.43. The van der Waals surface area contributed by atoms with Gasteiger partial charge < -0.3 is 0 Å². The summed E-state index contributed by atoms with van der Waals surface area (Å²) in [5.41, 5.74) is 2.61. The summed E-state index contributed by atoms with van der Waals surface area (Å²) in [5.74, 6) is 0. The van der Waals surface area contributed by atoms with E-state index in [0.29, 0.717) is 0 Å². The molecule has 0 amide bonds. The van der Waals surface area contributed by atoms with Crippen molar-refractivity contribution in [2.24, 2.45) is 0 Å². The van der Waals surface area contributed by atoms with Crippen molar-refractivity contribution in [2.45, 2.75) is 6.92 Å². The largest absolute Gasteiger partial charge is 0.144 e. The van der Waals surface area contributed by atoms with Crippen molar-refractivity contribution in [3.63, 3.8) is 0 Å². The molecule has 0 aliphatic rings. The van der Waals surface area contributed by atoms with Crippen molar-refractivity contribution >= 4 is 34.3 Å². The van der Waals surface area contributed by atoms with Crippen molar-refractivity contribution < 1.29 is 0 Å². The summed E-state index contributed by atoms with van der Waals surface area (Å²) >= 11 is 1.79. The Morgan fingerprint density at radius 1 is 0.944 bits per heavy atom. The molecule has 3 aromatic rings. The highest BCUT2D eigenvalue weighted by atomic mass is 32.1. The molecule has 0 N–H and O–H groups in total. The minimum atomic E-state index is 1.28. The molecule has 0 bridgehead atoms. The first kappa shape index (κ1) is 11.2. The fourth-order valence-corrected chi connectivity index (χ4v) is 2.90. The summed E-state index contributed by atoms with van der Waals surface area (Å²) in [6.07, 6.45) is 4.40. The van der Waals surface area contributed by atoms with Gasteiger partial charge in [-0.25, -0.2) is 0 Å². The van der Waals surface area contributed by atoms with Crippen molar-refractivity contribution in [1.82, 2.24) is 0 Å². The van der Waals surface area contributed by atoms with Crippen molar-refractivity contribution in [2.75, 3.05) is 0 Å². The lowest BCUT2D eigenvalue weighted by atomic mass is 10.0. The van der Waals surface area contributed by atoms with Crippen LogP contribution in [0, 0.1) is 6.92 Å². The van der Waals surface area contributed by atoms with Crippen LogP contribution in [0.3, 0.4) is 0 Å². The Morgan fingerprint density at radius 2 is 1.78 bits per heavy atom. The van der Waals surface area contributed by atoms with Gasteiger partial charge >= 0.3 is 0 Å². The first-order valence-corrected chi connectivity index (χ1v) is 6.92. The highest BCUT2D eigenvalue weighted by Crippen LogP contribution is 2.22. The third-order valence-corrected chi connectivity index (χ3v) is 4.02. The first-order chi connectivity index (χ1) is 8.83. The lowest BCUT2D eigenvalue weighted by Crippen LogP contribution is -1.76. The Bertz CT molecular complexity index is 699. The highest BCUT2D eigenvalue weighted by molar-refractivity contribution is 7.11. The molecule has 0 aliphatic carbocycles. The van der Waals surface area contributed by atoms with Gasteiger partial charge in [0.1, 0.15) is 0 Å². The van der Waals surface area contributed by atoms with E-state index in [0.717, 1.165) is 0 Å². The first-order valence-electron chi connectivity index (χ1n) is 6.04. The Hall–Kier alpha value is -1.86. The van der Waals surface area contributed by atoms with Gasteiger partial charge in [-0.1, -0.05) is 48.5 Å². The smallest absolute Gasteiger partial charge is 0.0273 e. The van der Waals surface area contributed by atoms with E-state index in [-0.39, 0.29) is 0 Å². The Kier molecular flexibility index (Phi) is 2.99. The summed E-state index contributed by atoms with van der Waals surface area (Å²) in [6.45, 7) is 2.13. The zero-order chi connectivity index (χ0) is 12.4. The second kappa shape index (κ2) is 4.79. The van der Waals surface area contributed by atoms with Crippen LogP contribution in [0.1, 0.15) is 16.0 Å². The zero-order valence-corrected chi connectivity index (χ0v) is 11.1. The van der Waals surface area contributed by atoms with Crippen molar-refractivity contribution in [1.29, 1.82) is 0 Å². The Morgan fingerprint density at radius 3 is 2.61 bits per heavy atom. The summed E-state index contributed by atoms with van der Waals surface area (Å²) < 4.78 is 0. The molecule has 18 heavy (non-hydrogen) atoms. The van der Waals surface area contributed by atoms with E-state index < -0.39 is 0 Å². The number of thiophene rings is 1. The summed E-state index contributed by atoms with van der Waals surface area (Å²) in [7, 11) is 0. The van der Waals surface area contributed by atoms with E-state index in [1.165, 1.54) is 26.8 Å². The van der Waals surface area contributed by atoms with Crippen LogP contribution in [0.4, 0.5) is 0 Å². The van der Waals surface area contributed by atoms with Gasteiger partial charge in [0.25, 0.3) is 0 Å². The Balaban J connectivity index is 2.02. The molecule has 1 heteroatoms. The van der Waals surface area contributed by atoms with E-state index in [1.807, 2.05) is 0 Å².